The second kappa shape index (κ2) is 5.40. The van der Waals surface area contributed by atoms with Crippen LogP contribution in [0.1, 0.15) is 47.0 Å². The third-order valence-corrected chi connectivity index (χ3v) is 2.26. The summed E-state index contributed by atoms with van der Waals surface area (Å²) in [6.45, 7) is 12.9. The fourth-order valence-corrected chi connectivity index (χ4v) is 1.08. The molecule has 0 rings (SSSR count). The van der Waals surface area contributed by atoms with Crippen molar-refractivity contribution in [2.75, 3.05) is 0 Å². The van der Waals surface area contributed by atoms with Crippen molar-refractivity contribution in [2.45, 2.75) is 47.0 Å². The van der Waals surface area contributed by atoms with Gasteiger partial charge in [0.05, 0.1) is 0 Å². The minimum atomic E-state index is 0.716. The van der Waals surface area contributed by atoms with E-state index in [1.165, 1.54) is 24.8 Å². The van der Waals surface area contributed by atoms with Crippen molar-refractivity contribution in [1.29, 1.82) is 0 Å². The third kappa shape index (κ3) is 6.15. The zero-order valence-electron chi connectivity index (χ0n) is 8.48. The molecule has 1 unspecified atom stereocenters. The van der Waals surface area contributed by atoms with Gasteiger partial charge in [-0.15, -0.1) is 0 Å². The van der Waals surface area contributed by atoms with Gasteiger partial charge in [-0.3, -0.25) is 0 Å². The largest absolute Gasteiger partial charge is 0.0999 e. The lowest BCUT2D eigenvalue weighted by Crippen LogP contribution is -1.96. The molecular weight excluding hydrogens is 132 g/mol. The van der Waals surface area contributed by atoms with Crippen LogP contribution in [0, 0.1) is 11.8 Å². The van der Waals surface area contributed by atoms with Gasteiger partial charge in [-0.2, -0.15) is 0 Å². The Morgan fingerprint density at radius 1 is 1.18 bits per heavy atom. The van der Waals surface area contributed by atoms with E-state index < -0.39 is 0 Å². The number of allylic oxidation sites excluding steroid dienone is 1. The second-order valence-electron chi connectivity index (χ2n) is 4.07. The summed E-state index contributed by atoms with van der Waals surface area (Å²) in [6, 6.07) is 0. The predicted octanol–water partition coefficient (Wildman–Crippen LogP) is 4.02. The van der Waals surface area contributed by atoms with E-state index in [4.69, 9.17) is 0 Å². The van der Waals surface area contributed by atoms with Gasteiger partial charge in [-0.05, 0) is 25.2 Å². The monoisotopic (exact) mass is 154 g/mol. The molecule has 66 valence electrons. The fourth-order valence-electron chi connectivity index (χ4n) is 1.08. The fraction of sp³-hybridized carbons (Fsp3) is 0.818. The quantitative estimate of drug-likeness (QED) is 0.524. The van der Waals surface area contributed by atoms with Crippen molar-refractivity contribution in [3.8, 4) is 0 Å². The normalized spacial score (nSPS) is 13.5. The summed E-state index contributed by atoms with van der Waals surface area (Å²) in [5.41, 5.74) is 1.33. The average Bonchev–Trinajstić information content (AvgIpc) is 1.86. The first-order chi connectivity index (χ1) is 5.04. The molecule has 0 fully saturated rings. The highest BCUT2D eigenvalue weighted by atomic mass is 14.1. The number of hydrogen-bond acceptors (Lipinski definition) is 0. The van der Waals surface area contributed by atoms with E-state index in [9.17, 15) is 0 Å². The van der Waals surface area contributed by atoms with Gasteiger partial charge in [0.25, 0.3) is 0 Å². The smallest absolute Gasteiger partial charge is 0.0237 e. The van der Waals surface area contributed by atoms with Crippen molar-refractivity contribution >= 4 is 0 Å². The van der Waals surface area contributed by atoms with Crippen molar-refractivity contribution in [1.82, 2.24) is 0 Å². The zero-order chi connectivity index (χ0) is 8.85. The van der Waals surface area contributed by atoms with E-state index in [-0.39, 0.29) is 0 Å². The Labute approximate surface area is 71.7 Å². The number of rotatable bonds is 5. The van der Waals surface area contributed by atoms with E-state index >= 15 is 0 Å². The Balaban J connectivity index is 3.31. The molecule has 0 heteroatoms. The third-order valence-electron chi connectivity index (χ3n) is 2.26. The summed E-state index contributed by atoms with van der Waals surface area (Å²) < 4.78 is 0. The van der Waals surface area contributed by atoms with Gasteiger partial charge >= 0.3 is 0 Å². The highest BCUT2D eigenvalue weighted by Crippen LogP contribution is 2.17. The van der Waals surface area contributed by atoms with Crippen LogP contribution in [0.2, 0.25) is 0 Å². The topological polar surface area (TPSA) is 0 Å². The van der Waals surface area contributed by atoms with Crippen LogP contribution in [0.4, 0.5) is 0 Å². The maximum Gasteiger partial charge on any atom is -0.0237 e. The first-order valence-electron chi connectivity index (χ1n) is 4.69. The molecule has 0 N–H and O–H groups in total. The molecule has 1 atom stereocenters. The highest BCUT2D eigenvalue weighted by Gasteiger charge is 2.02. The Bertz CT molecular complexity index is 111. The van der Waals surface area contributed by atoms with Crippen LogP contribution in [0.3, 0.4) is 0 Å². The summed E-state index contributed by atoms with van der Waals surface area (Å²) >= 11 is 0. The van der Waals surface area contributed by atoms with Crippen LogP contribution >= 0.6 is 0 Å². The summed E-state index contributed by atoms with van der Waals surface area (Å²) in [5.74, 6) is 1.57. The maximum absolute atomic E-state index is 3.95. The van der Waals surface area contributed by atoms with E-state index in [0.717, 1.165) is 5.92 Å². The van der Waals surface area contributed by atoms with Gasteiger partial charge in [-0.25, -0.2) is 0 Å². The van der Waals surface area contributed by atoms with Crippen molar-refractivity contribution in [3.63, 3.8) is 0 Å². The zero-order valence-corrected chi connectivity index (χ0v) is 8.48. The molecule has 0 bridgehead atoms. The van der Waals surface area contributed by atoms with Gasteiger partial charge in [0, 0.05) is 0 Å². The SMILES string of the molecule is C=C(C)C(C)CCCC(C)C. The molecule has 0 aliphatic carbocycles. The lowest BCUT2D eigenvalue weighted by molar-refractivity contribution is 0.492. The first-order valence-corrected chi connectivity index (χ1v) is 4.69. The minimum absolute atomic E-state index is 0.716. The average molecular weight is 154 g/mol. The second-order valence-corrected chi connectivity index (χ2v) is 4.07. The summed E-state index contributed by atoms with van der Waals surface area (Å²) in [4.78, 5) is 0. The minimum Gasteiger partial charge on any atom is -0.0999 e. The Morgan fingerprint density at radius 3 is 2.09 bits per heavy atom. The molecule has 11 heavy (non-hydrogen) atoms. The lowest BCUT2D eigenvalue weighted by Gasteiger charge is -2.11. The molecule has 0 aromatic rings. The van der Waals surface area contributed by atoms with Crippen molar-refractivity contribution in [2.24, 2.45) is 11.8 Å². The van der Waals surface area contributed by atoms with Crippen LogP contribution in [0.5, 0.6) is 0 Å². The summed E-state index contributed by atoms with van der Waals surface area (Å²) in [6.07, 6.45) is 4.02. The van der Waals surface area contributed by atoms with E-state index in [1.54, 1.807) is 0 Å². The molecule has 0 saturated heterocycles. The van der Waals surface area contributed by atoms with E-state index in [2.05, 4.69) is 34.3 Å². The van der Waals surface area contributed by atoms with Gasteiger partial charge in [0.15, 0.2) is 0 Å². The molecule has 0 heterocycles. The van der Waals surface area contributed by atoms with Gasteiger partial charge in [-0.1, -0.05) is 45.8 Å². The number of hydrogen-bond donors (Lipinski definition) is 0. The Hall–Kier alpha value is -0.260. The highest BCUT2D eigenvalue weighted by molar-refractivity contribution is 4.93. The lowest BCUT2D eigenvalue weighted by atomic mass is 9.95. The van der Waals surface area contributed by atoms with Gasteiger partial charge < -0.3 is 0 Å². The molecular formula is C11H22. The van der Waals surface area contributed by atoms with E-state index in [0.29, 0.717) is 5.92 Å². The van der Waals surface area contributed by atoms with Crippen LogP contribution in [-0.2, 0) is 0 Å². The standard InChI is InChI=1S/C11H22/c1-9(2)7-6-8-11(5)10(3)4/h9,11H,3,6-8H2,1-2,4-5H3. The summed E-state index contributed by atoms with van der Waals surface area (Å²) in [5, 5.41) is 0. The Morgan fingerprint density at radius 2 is 1.73 bits per heavy atom. The van der Waals surface area contributed by atoms with Gasteiger partial charge in [0.2, 0.25) is 0 Å². The molecule has 0 aromatic heterocycles. The van der Waals surface area contributed by atoms with Crippen LogP contribution < -0.4 is 0 Å². The molecule has 0 radical (unpaired) electrons. The molecule has 0 nitrogen and oxygen atoms in total. The first kappa shape index (κ1) is 10.7. The molecule has 0 aliphatic rings. The van der Waals surface area contributed by atoms with E-state index in [1.807, 2.05) is 0 Å². The van der Waals surface area contributed by atoms with Gasteiger partial charge in [0.1, 0.15) is 0 Å². The summed E-state index contributed by atoms with van der Waals surface area (Å²) in [7, 11) is 0. The van der Waals surface area contributed by atoms with Crippen molar-refractivity contribution < 1.29 is 0 Å². The van der Waals surface area contributed by atoms with Crippen LogP contribution in [-0.4, -0.2) is 0 Å². The molecule has 0 amide bonds. The molecule has 0 spiro atoms. The van der Waals surface area contributed by atoms with Crippen LogP contribution in [0.25, 0.3) is 0 Å². The van der Waals surface area contributed by atoms with Crippen molar-refractivity contribution in [3.05, 3.63) is 12.2 Å². The predicted molar refractivity (Wildman–Crippen MR) is 52.7 cm³/mol. The molecule has 0 aliphatic heterocycles. The maximum atomic E-state index is 3.95. The Kier molecular flexibility index (Phi) is 5.27. The van der Waals surface area contributed by atoms with Crippen LogP contribution in [0.15, 0.2) is 12.2 Å². The molecule has 0 saturated carbocycles. The molecule has 0 aromatic carbocycles.